The maximum absolute atomic E-state index is 11.9. The standard InChI is InChI=1S/C12H16N2O7/c1-12(2)20-7-6(4-15)19-10(8(7)21-12)14-3-5(16)9(17)13-11(14)18/h3,6-8,10,15-16H,4H2,1-2H3,(H,13,17,18)/t6-,7-,8-,10-/m1/s1. The van der Waals surface area contributed by atoms with Crippen molar-refractivity contribution in [1.82, 2.24) is 9.55 Å². The van der Waals surface area contributed by atoms with Gasteiger partial charge in [0.15, 0.2) is 17.8 Å². The minimum absolute atomic E-state index is 0.304. The predicted octanol–water partition coefficient (Wildman–Crippen LogP) is -1.35. The Hall–Kier alpha value is -1.68. The lowest BCUT2D eigenvalue weighted by molar-refractivity contribution is -0.200. The van der Waals surface area contributed by atoms with Gasteiger partial charge in [-0.3, -0.25) is 14.3 Å². The Morgan fingerprint density at radius 2 is 2.00 bits per heavy atom. The van der Waals surface area contributed by atoms with E-state index >= 15 is 0 Å². The van der Waals surface area contributed by atoms with E-state index < -0.39 is 47.3 Å². The van der Waals surface area contributed by atoms with E-state index in [4.69, 9.17) is 14.2 Å². The number of aliphatic hydroxyl groups is 1. The highest BCUT2D eigenvalue weighted by molar-refractivity contribution is 5.10. The van der Waals surface area contributed by atoms with Gasteiger partial charge in [0.1, 0.15) is 18.3 Å². The number of H-pyrrole nitrogens is 1. The first-order valence-electron chi connectivity index (χ1n) is 6.49. The summed E-state index contributed by atoms with van der Waals surface area (Å²) < 4.78 is 18.0. The Morgan fingerprint density at radius 1 is 1.33 bits per heavy atom. The van der Waals surface area contributed by atoms with Crippen molar-refractivity contribution in [3.8, 4) is 5.75 Å². The van der Waals surface area contributed by atoms with Crippen molar-refractivity contribution in [2.45, 2.75) is 44.2 Å². The Labute approximate surface area is 118 Å². The molecule has 3 rings (SSSR count). The highest BCUT2D eigenvalue weighted by atomic mass is 16.8. The molecule has 0 bridgehead atoms. The summed E-state index contributed by atoms with van der Waals surface area (Å²) >= 11 is 0. The van der Waals surface area contributed by atoms with Crippen LogP contribution in [-0.4, -0.2) is 50.5 Å². The average Bonchev–Trinajstić information content (AvgIpc) is 2.87. The Kier molecular flexibility index (Phi) is 3.17. The minimum atomic E-state index is -0.913. The van der Waals surface area contributed by atoms with Crippen LogP contribution in [0.15, 0.2) is 15.8 Å². The summed E-state index contributed by atoms with van der Waals surface area (Å²) in [6, 6.07) is 0. The molecule has 0 saturated carbocycles. The summed E-state index contributed by atoms with van der Waals surface area (Å²) in [5, 5.41) is 18.8. The third-order valence-corrected chi connectivity index (χ3v) is 3.53. The number of ether oxygens (including phenoxy) is 3. The van der Waals surface area contributed by atoms with E-state index in [0.717, 1.165) is 10.8 Å². The number of aromatic hydroxyl groups is 1. The van der Waals surface area contributed by atoms with E-state index in [9.17, 15) is 19.8 Å². The second-order valence-corrected chi connectivity index (χ2v) is 5.49. The van der Waals surface area contributed by atoms with E-state index in [1.165, 1.54) is 0 Å². The number of hydrogen-bond donors (Lipinski definition) is 3. The van der Waals surface area contributed by atoms with E-state index in [2.05, 4.69) is 0 Å². The van der Waals surface area contributed by atoms with Crippen molar-refractivity contribution >= 4 is 0 Å². The van der Waals surface area contributed by atoms with E-state index in [1.54, 1.807) is 13.8 Å². The van der Waals surface area contributed by atoms with Gasteiger partial charge in [-0.2, -0.15) is 0 Å². The average molecular weight is 300 g/mol. The van der Waals surface area contributed by atoms with Crippen molar-refractivity contribution in [2.24, 2.45) is 0 Å². The molecule has 0 amide bonds. The maximum atomic E-state index is 11.9. The number of nitrogens with one attached hydrogen (secondary N) is 1. The van der Waals surface area contributed by atoms with Gasteiger partial charge < -0.3 is 24.4 Å². The Balaban J connectivity index is 2.01. The SMILES string of the molecule is CC1(C)O[C@@H]2[C@H](O1)[C@@H](CO)O[C@H]2n1cc(O)c(=O)[nH]c1=O. The van der Waals surface area contributed by atoms with Crippen LogP contribution in [0.25, 0.3) is 0 Å². The molecule has 1 aromatic rings. The highest BCUT2D eigenvalue weighted by Gasteiger charge is 2.55. The molecule has 3 N–H and O–H groups in total. The summed E-state index contributed by atoms with van der Waals surface area (Å²) in [5.74, 6) is -1.49. The zero-order valence-corrected chi connectivity index (χ0v) is 11.5. The maximum Gasteiger partial charge on any atom is 0.330 e. The van der Waals surface area contributed by atoms with Crippen molar-refractivity contribution in [1.29, 1.82) is 0 Å². The summed E-state index contributed by atoms with van der Waals surface area (Å²) in [7, 11) is 0. The first-order valence-corrected chi connectivity index (χ1v) is 6.49. The number of fused-ring (bicyclic) bond motifs is 1. The highest BCUT2D eigenvalue weighted by Crippen LogP contribution is 2.42. The molecule has 0 aliphatic carbocycles. The molecule has 2 aliphatic rings. The predicted molar refractivity (Wildman–Crippen MR) is 67.8 cm³/mol. The second kappa shape index (κ2) is 4.67. The zero-order chi connectivity index (χ0) is 15.4. The fourth-order valence-corrected chi connectivity index (χ4v) is 2.69. The molecule has 3 heterocycles. The van der Waals surface area contributed by atoms with Crippen LogP contribution in [0.3, 0.4) is 0 Å². The van der Waals surface area contributed by atoms with Crippen molar-refractivity contribution in [3.05, 3.63) is 27.0 Å². The molecule has 0 aromatic carbocycles. The number of aromatic amines is 1. The van der Waals surface area contributed by atoms with Gasteiger partial charge in [-0.05, 0) is 13.8 Å². The normalized spacial score (nSPS) is 34.0. The number of rotatable bonds is 2. The molecule has 4 atom stereocenters. The summed E-state index contributed by atoms with van der Waals surface area (Å²) in [6.07, 6.45) is -1.78. The van der Waals surface area contributed by atoms with E-state index in [-0.39, 0.29) is 6.61 Å². The first kappa shape index (κ1) is 14.3. The van der Waals surface area contributed by atoms with Gasteiger partial charge in [0.2, 0.25) is 0 Å². The second-order valence-electron chi connectivity index (χ2n) is 5.49. The van der Waals surface area contributed by atoms with Crippen molar-refractivity contribution in [3.63, 3.8) is 0 Å². The van der Waals surface area contributed by atoms with Crippen LogP contribution in [0.5, 0.6) is 5.75 Å². The Bertz CT molecular complexity index is 664. The largest absolute Gasteiger partial charge is 0.502 e. The molecule has 9 heteroatoms. The monoisotopic (exact) mass is 300 g/mol. The quantitative estimate of drug-likeness (QED) is 0.617. The Morgan fingerprint density at radius 3 is 2.67 bits per heavy atom. The number of hydrogen-bond acceptors (Lipinski definition) is 7. The molecular formula is C12H16N2O7. The fourth-order valence-electron chi connectivity index (χ4n) is 2.69. The first-order chi connectivity index (χ1) is 9.82. The molecule has 21 heavy (non-hydrogen) atoms. The van der Waals surface area contributed by atoms with Gasteiger partial charge in [0.05, 0.1) is 12.8 Å². The van der Waals surface area contributed by atoms with Crippen LogP contribution in [0.1, 0.15) is 20.1 Å². The lowest BCUT2D eigenvalue weighted by Gasteiger charge is -2.24. The molecular weight excluding hydrogens is 284 g/mol. The topological polar surface area (TPSA) is 123 Å². The van der Waals surface area contributed by atoms with Gasteiger partial charge >= 0.3 is 5.69 Å². The smallest absolute Gasteiger partial charge is 0.330 e. The van der Waals surface area contributed by atoms with Crippen LogP contribution in [-0.2, 0) is 14.2 Å². The third-order valence-electron chi connectivity index (χ3n) is 3.53. The molecule has 0 radical (unpaired) electrons. The molecule has 9 nitrogen and oxygen atoms in total. The number of nitrogens with zero attached hydrogens (tertiary/aromatic N) is 1. The fraction of sp³-hybridized carbons (Fsp3) is 0.667. The van der Waals surface area contributed by atoms with Crippen LogP contribution in [0.2, 0.25) is 0 Å². The van der Waals surface area contributed by atoms with Crippen molar-refractivity contribution in [2.75, 3.05) is 6.61 Å². The molecule has 0 unspecified atom stereocenters. The number of aromatic nitrogens is 2. The minimum Gasteiger partial charge on any atom is -0.502 e. The molecule has 2 fully saturated rings. The van der Waals surface area contributed by atoms with E-state index in [1.807, 2.05) is 4.98 Å². The molecule has 2 saturated heterocycles. The van der Waals surface area contributed by atoms with Crippen LogP contribution >= 0.6 is 0 Å². The lowest BCUT2D eigenvalue weighted by atomic mass is 10.1. The van der Waals surface area contributed by atoms with Crippen LogP contribution in [0, 0.1) is 0 Å². The van der Waals surface area contributed by atoms with Gasteiger partial charge in [-0.1, -0.05) is 0 Å². The van der Waals surface area contributed by atoms with Crippen molar-refractivity contribution < 1.29 is 24.4 Å². The zero-order valence-electron chi connectivity index (χ0n) is 11.5. The van der Waals surface area contributed by atoms with Gasteiger partial charge in [-0.25, -0.2) is 4.79 Å². The van der Waals surface area contributed by atoms with Gasteiger partial charge in [0, 0.05) is 0 Å². The molecule has 0 spiro atoms. The molecule has 1 aromatic heterocycles. The third kappa shape index (κ3) is 2.27. The molecule has 2 aliphatic heterocycles. The van der Waals surface area contributed by atoms with Gasteiger partial charge in [0.25, 0.3) is 5.56 Å². The summed E-state index contributed by atoms with van der Waals surface area (Å²) in [5.41, 5.74) is -1.62. The lowest BCUT2D eigenvalue weighted by Crippen LogP contribution is -2.37. The van der Waals surface area contributed by atoms with Gasteiger partial charge in [-0.15, -0.1) is 0 Å². The summed E-state index contributed by atoms with van der Waals surface area (Å²) in [4.78, 5) is 25.1. The van der Waals surface area contributed by atoms with Crippen LogP contribution in [0.4, 0.5) is 0 Å². The number of aliphatic hydroxyl groups excluding tert-OH is 1. The van der Waals surface area contributed by atoms with Crippen LogP contribution < -0.4 is 11.2 Å². The molecule has 116 valence electrons. The van der Waals surface area contributed by atoms with E-state index in [0.29, 0.717) is 0 Å². The summed E-state index contributed by atoms with van der Waals surface area (Å²) in [6.45, 7) is 3.12.